The summed E-state index contributed by atoms with van der Waals surface area (Å²) in [6.45, 7) is 0.488. The molecule has 30 heavy (non-hydrogen) atoms. The van der Waals surface area contributed by atoms with Gasteiger partial charge in [-0.2, -0.15) is 5.10 Å². The molecule has 2 N–H and O–H groups in total. The number of carbonyl (C=O) groups is 1. The van der Waals surface area contributed by atoms with Crippen molar-refractivity contribution in [2.24, 2.45) is 0 Å². The predicted molar refractivity (Wildman–Crippen MR) is 116 cm³/mol. The molecular weight excluding hydrogens is 376 g/mol. The normalized spacial score (nSPS) is 10.6. The van der Waals surface area contributed by atoms with Crippen LogP contribution in [0.3, 0.4) is 0 Å². The summed E-state index contributed by atoms with van der Waals surface area (Å²) in [6, 6.07) is 23.0. The van der Waals surface area contributed by atoms with Crippen molar-refractivity contribution in [1.82, 2.24) is 20.5 Å². The summed E-state index contributed by atoms with van der Waals surface area (Å²) in [5.74, 6) is 0.419. The highest BCUT2D eigenvalue weighted by Crippen LogP contribution is 2.34. The average Bonchev–Trinajstić information content (AvgIpc) is 3.29. The number of nitrogens with one attached hydrogen (secondary N) is 2. The van der Waals surface area contributed by atoms with Crippen molar-refractivity contribution < 1.29 is 9.53 Å². The zero-order valence-electron chi connectivity index (χ0n) is 16.6. The number of ether oxygens (including phenoxy) is 1. The molecule has 6 heteroatoms. The van der Waals surface area contributed by atoms with Gasteiger partial charge in [0.1, 0.15) is 5.75 Å². The number of methoxy groups -OCH3 is 1. The van der Waals surface area contributed by atoms with E-state index in [-0.39, 0.29) is 5.91 Å². The van der Waals surface area contributed by atoms with Gasteiger partial charge in [0.25, 0.3) is 5.91 Å². The number of rotatable bonds is 7. The molecule has 0 saturated carbocycles. The summed E-state index contributed by atoms with van der Waals surface area (Å²) in [7, 11) is 1.59. The van der Waals surface area contributed by atoms with Crippen LogP contribution < -0.4 is 10.1 Å². The molecule has 2 heterocycles. The second-order valence-electron chi connectivity index (χ2n) is 6.74. The number of hydrogen-bond donors (Lipinski definition) is 2. The minimum absolute atomic E-state index is 0.177. The highest BCUT2D eigenvalue weighted by atomic mass is 16.5. The van der Waals surface area contributed by atoms with Crippen molar-refractivity contribution in [1.29, 1.82) is 0 Å². The zero-order chi connectivity index (χ0) is 20.8. The van der Waals surface area contributed by atoms with Gasteiger partial charge in [-0.1, -0.05) is 42.5 Å². The maximum absolute atomic E-state index is 12.9. The van der Waals surface area contributed by atoms with Gasteiger partial charge in [0, 0.05) is 24.9 Å². The van der Waals surface area contributed by atoms with Gasteiger partial charge >= 0.3 is 0 Å². The number of nitrogens with zero attached hydrogens (tertiary/aromatic N) is 2. The minimum Gasteiger partial charge on any atom is -0.496 e. The van der Waals surface area contributed by atoms with E-state index in [1.807, 2.05) is 60.7 Å². The van der Waals surface area contributed by atoms with Crippen LogP contribution in [0.4, 0.5) is 0 Å². The van der Waals surface area contributed by atoms with Crippen LogP contribution in [0.2, 0.25) is 0 Å². The zero-order valence-corrected chi connectivity index (χ0v) is 16.6. The van der Waals surface area contributed by atoms with E-state index in [4.69, 9.17) is 4.74 Å². The number of hydrogen-bond acceptors (Lipinski definition) is 4. The topological polar surface area (TPSA) is 79.9 Å². The van der Waals surface area contributed by atoms with Gasteiger partial charge in [0.15, 0.2) is 0 Å². The van der Waals surface area contributed by atoms with Gasteiger partial charge in [-0.25, -0.2) is 0 Å². The molecule has 0 saturated heterocycles. The number of aromatic nitrogens is 3. The third kappa shape index (κ3) is 4.22. The monoisotopic (exact) mass is 398 g/mol. The van der Waals surface area contributed by atoms with Crippen molar-refractivity contribution in [3.8, 4) is 28.3 Å². The molecule has 0 bridgehead atoms. The molecule has 0 aliphatic heterocycles. The van der Waals surface area contributed by atoms with Crippen molar-refractivity contribution in [2.75, 3.05) is 13.7 Å². The Morgan fingerprint density at radius 2 is 1.87 bits per heavy atom. The van der Waals surface area contributed by atoms with Crippen LogP contribution in [0, 0.1) is 0 Å². The van der Waals surface area contributed by atoms with Crippen LogP contribution in [0.15, 0.2) is 79.0 Å². The lowest BCUT2D eigenvalue weighted by Gasteiger charge is -2.12. The molecule has 150 valence electrons. The quantitative estimate of drug-likeness (QED) is 0.491. The first-order valence-electron chi connectivity index (χ1n) is 9.72. The number of amides is 1. The van der Waals surface area contributed by atoms with E-state index in [2.05, 4.69) is 20.5 Å². The molecule has 0 aliphatic rings. The molecule has 1 amide bonds. The van der Waals surface area contributed by atoms with Crippen LogP contribution >= 0.6 is 0 Å². The maximum Gasteiger partial charge on any atom is 0.252 e. The van der Waals surface area contributed by atoms with Gasteiger partial charge in [0.2, 0.25) is 0 Å². The number of carbonyl (C=O) groups excluding carboxylic acids is 1. The van der Waals surface area contributed by atoms with E-state index in [1.165, 1.54) is 0 Å². The fraction of sp³-hybridized carbons (Fsp3) is 0.125. The fourth-order valence-corrected chi connectivity index (χ4v) is 3.32. The Bertz CT molecular complexity index is 1120. The Kier molecular flexibility index (Phi) is 5.85. The molecule has 6 nitrogen and oxygen atoms in total. The molecular formula is C24H22N4O2. The van der Waals surface area contributed by atoms with E-state index < -0.39 is 0 Å². The molecule has 2 aromatic heterocycles. The van der Waals surface area contributed by atoms with E-state index in [1.54, 1.807) is 25.4 Å². The maximum atomic E-state index is 12.9. The molecule has 2 aromatic carbocycles. The largest absolute Gasteiger partial charge is 0.496 e. The fourth-order valence-electron chi connectivity index (χ4n) is 3.32. The minimum atomic E-state index is -0.177. The lowest BCUT2D eigenvalue weighted by atomic mass is 10.0. The first kappa shape index (κ1) is 19.4. The summed E-state index contributed by atoms with van der Waals surface area (Å²) < 4.78 is 5.54. The number of aromatic amines is 1. The van der Waals surface area contributed by atoms with E-state index in [0.29, 0.717) is 35.5 Å². The predicted octanol–water partition coefficient (Wildman–Crippen LogP) is 4.12. The lowest BCUT2D eigenvalue weighted by Crippen LogP contribution is -2.26. The Morgan fingerprint density at radius 1 is 1.03 bits per heavy atom. The number of pyridine rings is 1. The summed E-state index contributed by atoms with van der Waals surface area (Å²) in [5.41, 5.74) is 4.66. The van der Waals surface area contributed by atoms with Crippen LogP contribution in [0.5, 0.6) is 5.75 Å². The third-order valence-corrected chi connectivity index (χ3v) is 4.80. The van der Waals surface area contributed by atoms with E-state index in [0.717, 1.165) is 17.0 Å². The van der Waals surface area contributed by atoms with E-state index in [9.17, 15) is 4.79 Å². The highest BCUT2D eigenvalue weighted by Gasteiger charge is 2.19. The van der Waals surface area contributed by atoms with Crippen LogP contribution in [0.1, 0.15) is 16.1 Å². The van der Waals surface area contributed by atoms with Gasteiger partial charge in [-0.3, -0.25) is 14.9 Å². The Morgan fingerprint density at radius 3 is 2.63 bits per heavy atom. The van der Waals surface area contributed by atoms with Crippen molar-refractivity contribution in [2.45, 2.75) is 6.42 Å². The van der Waals surface area contributed by atoms with E-state index >= 15 is 0 Å². The first-order chi connectivity index (χ1) is 14.8. The van der Waals surface area contributed by atoms with Gasteiger partial charge < -0.3 is 10.1 Å². The Balaban J connectivity index is 1.59. The van der Waals surface area contributed by atoms with Gasteiger partial charge in [-0.05, 0) is 35.9 Å². The third-order valence-electron chi connectivity index (χ3n) is 4.80. The first-order valence-corrected chi connectivity index (χ1v) is 9.72. The highest BCUT2D eigenvalue weighted by molar-refractivity contribution is 6.02. The summed E-state index contributed by atoms with van der Waals surface area (Å²) in [4.78, 5) is 17.2. The molecule has 0 spiro atoms. The molecule has 0 unspecified atom stereocenters. The average molecular weight is 398 g/mol. The molecule has 4 rings (SSSR count). The van der Waals surface area contributed by atoms with Crippen LogP contribution in [-0.2, 0) is 6.42 Å². The van der Waals surface area contributed by atoms with Crippen molar-refractivity contribution >= 4 is 5.91 Å². The summed E-state index contributed by atoms with van der Waals surface area (Å²) >= 11 is 0. The van der Waals surface area contributed by atoms with Crippen LogP contribution in [0.25, 0.3) is 22.5 Å². The molecule has 0 radical (unpaired) electrons. The molecule has 0 fully saturated rings. The molecule has 0 aliphatic carbocycles. The lowest BCUT2D eigenvalue weighted by molar-refractivity contribution is 0.0954. The smallest absolute Gasteiger partial charge is 0.252 e. The Labute approximate surface area is 175 Å². The molecule has 4 aromatic rings. The standard InChI is InChI=1S/C24H22N4O2/c1-30-22-12-7-11-19(24(29)26-15-13-18-10-5-6-14-25-18)23(22)21-16-20(27-28-21)17-8-3-2-4-9-17/h2-12,14,16H,13,15H2,1H3,(H,26,29)(H,27,28). The molecule has 0 atom stereocenters. The SMILES string of the molecule is COc1cccc(C(=O)NCCc2ccccn2)c1-c1cc(-c2ccccc2)[nH]n1. The van der Waals surface area contributed by atoms with Crippen LogP contribution in [-0.4, -0.2) is 34.7 Å². The van der Waals surface area contributed by atoms with Gasteiger partial charge in [0.05, 0.1) is 29.6 Å². The second kappa shape index (κ2) is 9.05. The van der Waals surface area contributed by atoms with Gasteiger partial charge in [-0.15, -0.1) is 0 Å². The summed E-state index contributed by atoms with van der Waals surface area (Å²) in [6.07, 6.45) is 2.41. The summed E-state index contributed by atoms with van der Waals surface area (Å²) in [5, 5.41) is 10.5. The second-order valence-corrected chi connectivity index (χ2v) is 6.74. The number of H-pyrrole nitrogens is 1. The van der Waals surface area contributed by atoms with Crippen molar-refractivity contribution in [3.05, 3.63) is 90.3 Å². The Hall–Kier alpha value is -3.93. The van der Waals surface area contributed by atoms with Crippen molar-refractivity contribution in [3.63, 3.8) is 0 Å². The number of benzene rings is 2.